The summed E-state index contributed by atoms with van der Waals surface area (Å²) in [7, 11) is 0. The zero-order chi connectivity index (χ0) is 12.4. The van der Waals surface area contributed by atoms with Gasteiger partial charge in [0.15, 0.2) is 0 Å². The Kier molecular flexibility index (Phi) is 3.37. The van der Waals surface area contributed by atoms with E-state index in [1.165, 1.54) is 0 Å². The van der Waals surface area contributed by atoms with Crippen molar-refractivity contribution in [1.82, 2.24) is 9.78 Å². The molecule has 0 fully saturated rings. The maximum absolute atomic E-state index is 8.68. The molecular formula is C12H9Cl2N3. The Morgan fingerprint density at radius 1 is 1.35 bits per heavy atom. The number of hydrogen-bond acceptors (Lipinski definition) is 2. The summed E-state index contributed by atoms with van der Waals surface area (Å²) >= 11 is 11.8. The molecule has 0 atom stereocenters. The van der Waals surface area contributed by atoms with Crippen LogP contribution in [0.2, 0.25) is 10.0 Å². The minimum absolute atomic E-state index is 0.354. The number of aromatic nitrogens is 2. The second-order valence-electron chi connectivity index (χ2n) is 3.62. The zero-order valence-electron chi connectivity index (χ0n) is 9.11. The van der Waals surface area contributed by atoms with Gasteiger partial charge in [-0.3, -0.25) is 0 Å². The maximum atomic E-state index is 8.68. The number of nitriles is 1. The van der Waals surface area contributed by atoms with E-state index in [1.807, 2.05) is 19.2 Å². The van der Waals surface area contributed by atoms with Gasteiger partial charge in [-0.2, -0.15) is 10.4 Å². The number of nitrogens with zero attached hydrogens (tertiary/aromatic N) is 3. The second kappa shape index (κ2) is 4.79. The predicted molar refractivity (Wildman–Crippen MR) is 67.6 cm³/mol. The van der Waals surface area contributed by atoms with Gasteiger partial charge in [-0.25, -0.2) is 4.68 Å². The summed E-state index contributed by atoms with van der Waals surface area (Å²) in [6, 6.07) is 7.40. The average Bonchev–Trinajstić information content (AvgIpc) is 2.65. The normalized spacial score (nSPS) is 10.2. The van der Waals surface area contributed by atoms with Crippen LogP contribution in [-0.4, -0.2) is 9.78 Å². The quantitative estimate of drug-likeness (QED) is 0.834. The Hall–Kier alpha value is -1.50. The molecule has 0 saturated heterocycles. The van der Waals surface area contributed by atoms with Crippen LogP contribution in [0.25, 0.3) is 5.69 Å². The highest BCUT2D eigenvalue weighted by Gasteiger charge is 2.07. The van der Waals surface area contributed by atoms with E-state index in [1.54, 1.807) is 16.8 Å². The van der Waals surface area contributed by atoms with E-state index in [4.69, 9.17) is 28.5 Å². The first-order valence-electron chi connectivity index (χ1n) is 4.99. The Morgan fingerprint density at radius 2 is 2.12 bits per heavy atom. The van der Waals surface area contributed by atoms with Crippen molar-refractivity contribution in [3.8, 4) is 11.8 Å². The van der Waals surface area contributed by atoms with E-state index in [0.29, 0.717) is 16.5 Å². The number of aryl methyl sites for hydroxylation is 1. The molecule has 17 heavy (non-hydrogen) atoms. The molecule has 5 heteroatoms. The van der Waals surface area contributed by atoms with Crippen LogP contribution in [0, 0.1) is 18.3 Å². The van der Waals surface area contributed by atoms with Gasteiger partial charge in [-0.05, 0) is 25.1 Å². The number of hydrogen-bond donors (Lipinski definition) is 0. The largest absolute Gasteiger partial charge is 0.240 e. The molecular weight excluding hydrogens is 257 g/mol. The standard InChI is InChI=1S/C12H9Cl2N3/c1-8-9(4-5-15)7-17(16-8)10-2-3-11(13)12(14)6-10/h2-3,6-7H,4H2,1H3. The lowest BCUT2D eigenvalue weighted by molar-refractivity contribution is 0.863. The van der Waals surface area contributed by atoms with Crippen molar-refractivity contribution in [2.75, 3.05) is 0 Å². The molecule has 0 aliphatic carbocycles. The molecule has 0 unspecified atom stereocenters. The molecule has 0 N–H and O–H groups in total. The monoisotopic (exact) mass is 265 g/mol. The van der Waals surface area contributed by atoms with Crippen LogP contribution in [0.5, 0.6) is 0 Å². The Bertz CT molecular complexity index is 596. The van der Waals surface area contributed by atoms with Gasteiger partial charge in [0.25, 0.3) is 0 Å². The van der Waals surface area contributed by atoms with Gasteiger partial charge in [0.2, 0.25) is 0 Å². The van der Waals surface area contributed by atoms with Crippen LogP contribution >= 0.6 is 23.2 Å². The van der Waals surface area contributed by atoms with Crippen molar-refractivity contribution in [3.05, 3.63) is 45.7 Å². The van der Waals surface area contributed by atoms with Crippen molar-refractivity contribution in [2.45, 2.75) is 13.3 Å². The lowest BCUT2D eigenvalue weighted by atomic mass is 10.2. The van der Waals surface area contributed by atoms with Gasteiger partial charge in [0.05, 0.1) is 33.9 Å². The van der Waals surface area contributed by atoms with Crippen LogP contribution in [0.4, 0.5) is 0 Å². The highest BCUT2D eigenvalue weighted by molar-refractivity contribution is 6.42. The number of benzene rings is 1. The molecule has 1 aromatic carbocycles. The summed E-state index contributed by atoms with van der Waals surface area (Å²) in [5.41, 5.74) is 2.59. The van der Waals surface area contributed by atoms with Crippen molar-refractivity contribution in [1.29, 1.82) is 5.26 Å². The van der Waals surface area contributed by atoms with Gasteiger partial charge in [0.1, 0.15) is 0 Å². The molecule has 0 aliphatic heterocycles. The third-order valence-electron chi connectivity index (χ3n) is 2.44. The maximum Gasteiger partial charge on any atom is 0.0671 e. The van der Waals surface area contributed by atoms with Gasteiger partial charge in [-0.15, -0.1) is 0 Å². The number of rotatable bonds is 2. The topological polar surface area (TPSA) is 41.6 Å². The fourth-order valence-corrected chi connectivity index (χ4v) is 1.81. The van der Waals surface area contributed by atoms with Crippen molar-refractivity contribution in [3.63, 3.8) is 0 Å². The molecule has 0 bridgehead atoms. The van der Waals surface area contributed by atoms with Gasteiger partial charge in [-0.1, -0.05) is 23.2 Å². The minimum Gasteiger partial charge on any atom is -0.240 e. The van der Waals surface area contributed by atoms with E-state index >= 15 is 0 Å². The van der Waals surface area contributed by atoms with Crippen molar-refractivity contribution < 1.29 is 0 Å². The fourth-order valence-electron chi connectivity index (χ4n) is 1.51. The van der Waals surface area contributed by atoms with Crippen LogP contribution in [-0.2, 0) is 6.42 Å². The van der Waals surface area contributed by atoms with E-state index < -0.39 is 0 Å². The highest BCUT2D eigenvalue weighted by Crippen LogP contribution is 2.24. The molecule has 1 aromatic heterocycles. The fraction of sp³-hybridized carbons (Fsp3) is 0.167. The zero-order valence-corrected chi connectivity index (χ0v) is 10.6. The first-order chi connectivity index (χ1) is 8.11. The van der Waals surface area contributed by atoms with Crippen LogP contribution < -0.4 is 0 Å². The average molecular weight is 266 g/mol. The van der Waals surface area contributed by atoms with Gasteiger partial charge in [0, 0.05) is 11.8 Å². The molecule has 3 nitrogen and oxygen atoms in total. The van der Waals surface area contributed by atoms with Crippen LogP contribution in [0.3, 0.4) is 0 Å². The van der Waals surface area contributed by atoms with E-state index in [2.05, 4.69) is 11.2 Å². The van der Waals surface area contributed by atoms with E-state index in [-0.39, 0.29) is 0 Å². The summed E-state index contributed by atoms with van der Waals surface area (Å²) in [5.74, 6) is 0. The van der Waals surface area contributed by atoms with E-state index in [9.17, 15) is 0 Å². The molecule has 86 valence electrons. The Balaban J connectivity index is 2.43. The summed E-state index contributed by atoms with van der Waals surface area (Å²) in [6.07, 6.45) is 2.19. The molecule has 1 heterocycles. The van der Waals surface area contributed by atoms with Crippen molar-refractivity contribution >= 4 is 23.2 Å². The van der Waals surface area contributed by atoms with Crippen molar-refractivity contribution in [2.24, 2.45) is 0 Å². The lowest BCUT2D eigenvalue weighted by Gasteiger charge is -2.02. The summed E-state index contributed by atoms with van der Waals surface area (Å²) in [4.78, 5) is 0. The molecule has 0 amide bonds. The summed E-state index contributed by atoms with van der Waals surface area (Å²) < 4.78 is 1.70. The first kappa shape index (κ1) is 12.0. The molecule has 2 aromatic rings. The minimum atomic E-state index is 0.354. The predicted octanol–water partition coefficient (Wildman–Crippen LogP) is 3.55. The SMILES string of the molecule is Cc1nn(-c2ccc(Cl)c(Cl)c2)cc1CC#N. The lowest BCUT2D eigenvalue weighted by Crippen LogP contribution is -1.94. The van der Waals surface area contributed by atoms with Crippen LogP contribution in [0.15, 0.2) is 24.4 Å². The molecule has 0 saturated carbocycles. The Labute approximate surface area is 109 Å². The molecule has 0 spiro atoms. The highest BCUT2D eigenvalue weighted by atomic mass is 35.5. The van der Waals surface area contributed by atoms with Gasteiger partial charge < -0.3 is 0 Å². The Morgan fingerprint density at radius 3 is 2.76 bits per heavy atom. The second-order valence-corrected chi connectivity index (χ2v) is 4.43. The summed E-state index contributed by atoms with van der Waals surface area (Å²) in [6.45, 7) is 1.88. The third kappa shape index (κ3) is 2.44. The van der Waals surface area contributed by atoms with Gasteiger partial charge >= 0.3 is 0 Å². The third-order valence-corrected chi connectivity index (χ3v) is 3.18. The van der Waals surface area contributed by atoms with Crippen LogP contribution in [0.1, 0.15) is 11.3 Å². The molecule has 2 rings (SSSR count). The first-order valence-corrected chi connectivity index (χ1v) is 5.75. The molecule has 0 aliphatic rings. The number of halogens is 2. The van der Waals surface area contributed by atoms with E-state index in [0.717, 1.165) is 16.9 Å². The summed E-state index contributed by atoms with van der Waals surface area (Å²) in [5, 5.41) is 14.0. The molecule has 0 radical (unpaired) electrons. The smallest absolute Gasteiger partial charge is 0.0671 e.